The number of Topliss-reactive ketones (excluding diaryl/α,β-unsaturated/α-hetero) is 1. The van der Waals surface area contributed by atoms with Crippen molar-refractivity contribution < 1.29 is 9.18 Å². The number of benzene rings is 1. The quantitative estimate of drug-likeness (QED) is 0.554. The molecule has 0 saturated carbocycles. The average Bonchev–Trinajstić information content (AvgIpc) is 2.20. The smallest absolute Gasteiger partial charge is 0.149 e. The maximum atomic E-state index is 12.9. The molecule has 0 aliphatic rings. The second kappa shape index (κ2) is 6.10. The van der Waals surface area contributed by atoms with Crippen LogP contribution in [0.2, 0.25) is 0 Å². The third-order valence-corrected chi connectivity index (χ3v) is 4.07. The van der Waals surface area contributed by atoms with Gasteiger partial charge in [-0.3, -0.25) is 4.79 Å². The molecule has 4 heteroatoms. The van der Waals surface area contributed by atoms with Crippen molar-refractivity contribution in [1.82, 2.24) is 0 Å². The van der Waals surface area contributed by atoms with Crippen LogP contribution < -0.4 is 0 Å². The van der Waals surface area contributed by atoms with Crippen molar-refractivity contribution in [3.63, 3.8) is 0 Å². The molecule has 1 unspecified atom stereocenters. The molecule has 0 bridgehead atoms. The van der Waals surface area contributed by atoms with Crippen molar-refractivity contribution >= 4 is 44.3 Å². The zero-order valence-corrected chi connectivity index (χ0v) is 12.9. The molecule has 0 radical (unpaired) electrons. The number of hydrogen-bond donors (Lipinski definition) is 0. The van der Waals surface area contributed by atoms with E-state index in [-0.39, 0.29) is 22.3 Å². The van der Waals surface area contributed by atoms with Gasteiger partial charge in [0.1, 0.15) is 11.6 Å². The summed E-state index contributed by atoms with van der Waals surface area (Å²) in [4.78, 5) is 11.5. The van der Waals surface area contributed by atoms with Gasteiger partial charge in [0, 0.05) is 9.49 Å². The fourth-order valence-corrected chi connectivity index (χ4v) is 2.92. The summed E-state index contributed by atoms with van der Waals surface area (Å²) in [5, 5.41) is 0. The van der Waals surface area contributed by atoms with Crippen molar-refractivity contribution in [3.8, 4) is 0 Å². The first-order chi connectivity index (χ1) is 7.41. The van der Waals surface area contributed by atoms with E-state index in [0.29, 0.717) is 6.42 Å². The van der Waals surface area contributed by atoms with Crippen LogP contribution in [0.1, 0.15) is 19.4 Å². The number of alkyl halides is 1. The maximum absolute atomic E-state index is 12.9. The van der Waals surface area contributed by atoms with Gasteiger partial charge in [0.25, 0.3) is 0 Å². The molecule has 0 heterocycles. The monoisotopic (exact) mass is 398 g/mol. The van der Waals surface area contributed by atoms with Crippen molar-refractivity contribution in [2.75, 3.05) is 0 Å². The van der Waals surface area contributed by atoms with Crippen LogP contribution in [0.25, 0.3) is 0 Å². The molecule has 16 heavy (non-hydrogen) atoms. The molecule has 1 atom stereocenters. The zero-order valence-electron chi connectivity index (χ0n) is 9.14. The summed E-state index contributed by atoms with van der Waals surface area (Å²) in [6.45, 7) is 3.76. The van der Waals surface area contributed by atoms with Gasteiger partial charge >= 0.3 is 0 Å². The van der Waals surface area contributed by atoms with Gasteiger partial charge < -0.3 is 0 Å². The van der Waals surface area contributed by atoms with Gasteiger partial charge in [-0.2, -0.15) is 0 Å². The molecule has 0 aliphatic carbocycles. The first-order valence-electron chi connectivity index (χ1n) is 5.03. The lowest BCUT2D eigenvalue weighted by Gasteiger charge is -2.12. The molecular formula is C12H13BrFIO. The van der Waals surface area contributed by atoms with Gasteiger partial charge in [-0.15, -0.1) is 0 Å². The minimum Gasteiger partial charge on any atom is -0.298 e. The highest BCUT2D eigenvalue weighted by atomic mass is 127. The Balaban J connectivity index is 2.77. The summed E-state index contributed by atoms with van der Waals surface area (Å²) in [6.07, 6.45) is 0.607. The fraction of sp³-hybridized carbons (Fsp3) is 0.417. The Morgan fingerprint density at radius 2 is 2.12 bits per heavy atom. The Kier molecular flexibility index (Phi) is 5.37. The summed E-state index contributed by atoms with van der Waals surface area (Å²) in [5.41, 5.74) is 0.998. The molecule has 0 N–H and O–H groups in total. The number of rotatable bonds is 4. The molecule has 1 rings (SSSR count). The highest BCUT2D eigenvalue weighted by Crippen LogP contribution is 2.20. The van der Waals surface area contributed by atoms with E-state index in [1.807, 2.05) is 13.8 Å². The summed E-state index contributed by atoms with van der Waals surface area (Å²) < 4.78 is 13.7. The summed E-state index contributed by atoms with van der Waals surface area (Å²) in [7, 11) is 0. The lowest BCUT2D eigenvalue weighted by atomic mass is 10.0. The van der Waals surface area contributed by atoms with Crippen LogP contribution in [-0.4, -0.2) is 10.6 Å². The van der Waals surface area contributed by atoms with E-state index in [1.165, 1.54) is 12.1 Å². The van der Waals surface area contributed by atoms with Crippen LogP contribution in [0.5, 0.6) is 0 Å². The molecule has 0 spiro atoms. The van der Waals surface area contributed by atoms with Crippen LogP contribution in [0.15, 0.2) is 18.2 Å². The maximum Gasteiger partial charge on any atom is 0.149 e. The molecule has 0 aliphatic heterocycles. The number of carbonyl (C=O) groups is 1. The van der Waals surface area contributed by atoms with Gasteiger partial charge in [0.2, 0.25) is 0 Å². The van der Waals surface area contributed by atoms with Gasteiger partial charge in [-0.25, -0.2) is 4.39 Å². The summed E-state index contributed by atoms with van der Waals surface area (Å²) in [5.74, 6) is -0.0444. The first kappa shape index (κ1) is 14.1. The normalized spacial score (nSPS) is 12.9. The lowest BCUT2D eigenvalue weighted by Crippen LogP contribution is -2.22. The van der Waals surface area contributed by atoms with Gasteiger partial charge in [-0.05, 0) is 46.7 Å². The molecule has 88 valence electrons. The molecule has 0 saturated heterocycles. The van der Waals surface area contributed by atoms with Crippen LogP contribution in [0.3, 0.4) is 0 Å². The number of carbonyl (C=O) groups excluding carboxylic acids is 1. The third kappa shape index (κ3) is 3.80. The van der Waals surface area contributed by atoms with Crippen LogP contribution in [0, 0.1) is 15.3 Å². The largest absolute Gasteiger partial charge is 0.298 e. The lowest BCUT2D eigenvalue weighted by molar-refractivity contribution is -0.121. The number of hydrogen-bond acceptors (Lipinski definition) is 1. The summed E-state index contributed by atoms with van der Waals surface area (Å²) in [6, 6.07) is 4.64. The van der Waals surface area contributed by atoms with E-state index in [9.17, 15) is 9.18 Å². The third-order valence-electron chi connectivity index (χ3n) is 2.29. The van der Waals surface area contributed by atoms with E-state index in [2.05, 4.69) is 38.5 Å². The average molecular weight is 399 g/mol. The van der Waals surface area contributed by atoms with E-state index < -0.39 is 0 Å². The SMILES string of the molecule is CC(C)C(=O)C(Br)Cc1ccc(F)cc1I. The van der Waals surface area contributed by atoms with Gasteiger partial charge in [0.05, 0.1) is 4.83 Å². The predicted octanol–water partition coefficient (Wildman–Crippen LogP) is 3.96. The van der Waals surface area contributed by atoms with E-state index in [4.69, 9.17) is 0 Å². The molecule has 1 aromatic rings. The van der Waals surface area contributed by atoms with Gasteiger partial charge in [0.15, 0.2) is 0 Å². The zero-order chi connectivity index (χ0) is 12.3. The second-order valence-corrected chi connectivity index (χ2v) is 6.23. The summed E-state index contributed by atoms with van der Waals surface area (Å²) >= 11 is 5.47. The molecule has 0 fully saturated rings. The highest BCUT2D eigenvalue weighted by Gasteiger charge is 2.19. The molecule has 0 aromatic heterocycles. The van der Waals surface area contributed by atoms with E-state index >= 15 is 0 Å². The standard InChI is InChI=1S/C12H13BrFIO/c1-7(2)12(16)10(13)5-8-3-4-9(14)6-11(8)15/h3-4,6-7,10H,5H2,1-2H3. The second-order valence-electron chi connectivity index (χ2n) is 3.96. The van der Waals surface area contributed by atoms with Gasteiger partial charge in [-0.1, -0.05) is 35.8 Å². The van der Waals surface area contributed by atoms with Crippen LogP contribution >= 0.6 is 38.5 Å². The topological polar surface area (TPSA) is 17.1 Å². The molecule has 0 amide bonds. The van der Waals surface area contributed by atoms with Crippen molar-refractivity contribution in [3.05, 3.63) is 33.1 Å². The Hall–Kier alpha value is 0.0300. The van der Waals surface area contributed by atoms with Crippen molar-refractivity contribution in [1.29, 1.82) is 0 Å². The van der Waals surface area contributed by atoms with E-state index in [0.717, 1.165) is 9.13 Å². The highest BCUT2D eigenvalue weighted by molar-refractivity contribution is 14.1. The molecule has 1 nitrogen and oxygen atoms in total. The first-order valence-corrected chi connectivity index (χ1v) is 7.03. The van der Waals surface area contributed by atoms with E-state index in [1.54, 1.807) is 6.07 Å². The fourth-order valence-electron chi connectivity index (χ4n) is 1.34. The molecular weight excluding hydrogens is 386 g/mol. The van der Waals surface area contributed by atoms with Crippen molar-refractivity contribution in [2.24, 2.45) is 5.92 Å². The Morgan fingerprint density at radius 3 is 2.62 bits per heavy atom. The Morgan fingerprint density at radius 1 is 1.50 bits per heavy atom. The van der Waals surface area contributed by atoms with Crippen LogP contribution in [0.4, 0.5) is 4.39 Å². The molecule has 1 aromatic carbocycles. The van der Waals surface area contributed by atoms with Crippen molar-refractivity contribution in [2.45, 2.75) is 25.1 Å². The minimum atomic E-state index is -0.241. The number of ketones is 1. The number of halogens is 3. The van der Waals surface area contributed by atoms with Crippen LogP contribution in [-0.2, 0) is 11.2 Å². The Bertz CT molecular complexity index is 393. The predicted molar refractivity (Wildman–Crippen MR) is 75.4 cm³/mol. The minimum absolute atomic E-state index is 0.0162. The Labute approximate surface area is 117 Å².